The molecular formula is C17H29BrO5Si. The van der Waals surface area contributed by atoms with E-state index < -0.39 is 19.7 Å². The zero-order chi connectivity index (χ0) is 18.5. The molecule has 7 heteroatoms. The molecule has 0 aromatic carbocycles. The van der Waals surface area contributed by atoms with Crippen LogP contribution in [0.5, 0.6) is 0 Å². The van der Waals surface area contributed by atoms with E-state index in [1.54, 1.807) is 6.92 Å². The second kappa shape index (κ2) is 6.40. The molecule has 138 valence electrons. The van der Waals surface area contributed by atoms with Crippen LogP contribution >= 0.6 is 15.9 Å². The summed E-state index contributed by atoms with van der Waals surface area (Å²) >= 11 is 3.73. The maximum absolute atomic E-state index is 12.4. The van der Waals surface area contributed by atoms with E-state index in [1.165, 1.54) is 7.11 Å². The van der Waals surface area contributed by atoms with Crippen molar-refractivity contribution in [3.05, 3.63) is 0 Å². The van der Waals surface area contributed by atoms with E-state index in [0.717, 1.165) is 0 Å². The van der Waals surface area contributed by atoms with Gasteiger partial charge in [-0.2, -0.15) is 0 Å². The van der Waals surface area contributed by atoms with Crippen LogP contribution in [-0.4, -0.2) is 44.9 Å². The van der Waals surface area contributed by atoms with Gasteiger partial charge in [-0.05, 0) is 31.5 Å². The van der Waals surface area contributed by atoms with Crippen LogP contribution in [0.2, 0.25) is 18.1 Å². The van der Waals surface area contributed by atoms with E-state index in [0.29, 0.717) is 13.0 Å². The highest BCUT2D eigenvalue weighted by Gasteiger charge is 2.62. The van der Waals surface area contributed by atoms with Crippen LogP contribution in [0.25, 0.3) is 0 Å². The molecule has 2 aliphatic rings. The summed E-state index contributed by atoms with van der Waals surface area (Å²) in [4.78, 5) is 24.7. The number of alkyl halides is 1. The molecule has 1 saturated carbocycles. The van der Waals surface area contributed by atoms with Crippen molar-refractivity contribution in [3.8, 4) is 0 Å². The van der Waals surface area contributed by atoms with E-state index in [2.05, 4.69) is 49.8 Å². The molecule has 2 fully saturated rings. The van der Waals surface area contributed by atoms with Crippen LogP contribution in [0.1, 0.15) is 34.1 Å². The Hall–Kier alpha value is -0.403. The lowest BCUT2D eigenvalue weighted by Gasteiger charge is -2.48. The standard InChI is InChI=1S/C17H29BrO5Si/c1-16(2,3)24(6,7)23-13-10-9-22-14(19)12(10)17(4,8-11(13)18)15(20)21-5/h10-13H,8-9H2,1-7H3/t10-,11+,12-,13+,17+/m0/s1. The molecule has 0 aromatic heterocycles. The molecule has 24 heavy (non-hydrogen) atoms. The number of esters is 2. The second-order valence-corrected chi connectivity index (χ2v) is 14.7. The number of rotatable bonds is 3. The third kappa shape index (κ3) is 3.19. The van der Waals surface area contributed by atoms with Gasteiger partial charge in [0.25, 0.3) is 0 Å². The van der Waals surface area contributed by atoms with Gasteiger partial charge in [-0.3, -0.25) is 9.59 Å². The summed E-state index contributed by atoms with van der Waals surface area (Å²) in [6.07, 6.45) is 0.356. The predicted molar refractivity (Wildman–Crippen MR) is 97.5 cm³/mol. The molecule has 0 radical (unpaired) electrons. The highest BCUT2D eigenvalue weighted by molar-refractivity contribution is 9.09. The average Bonchev–Trinajstić information content (AvgIpc) is 2.84. The minimum atomic E-state index is -2.01. The van der Waals surface area contributed by atoms with Crippen LogP contribution in [0.15, 0.2) is 0 Å². The van der Waals surface area contributed by atoms with Crippen LogP contribution in [-0.2, 0) is 23.5 Å². The normalized spacial score (nSPS) is 36.9. The Balaban J connectivity index is 2.35. The number of hydrogen-bond acceptors (Lipinski definition) is 5. The monoisotopic (exact) mass is 420 g/mol. The SMILES string of the molecule is COC(=O)[C@]1(C)C[C@@H](Br)[C@H](O[Si](C)(C)C(C)(C)C)[C@H]2COC(=O)[C@H]21. The lowest BCUT2D eigenvalue weighted by molar-refractivity contribution is -0.166. The Kier molecular flexibility index (Phi) is 5.31. The topological polar surface area (TPSA) is 61.8 Å². The summed E-state index contributed by atoms with van der Waals surface area (Å²) in [7, 11) is -0.645. The van der Waals surface area contributed by atoms with Crippen LogP contribution < -0.4 is 0 Å². The van der Waals surface area contributed by atoms with Crippen molar-refractivity contribution in [2.75, 3.05) is 13.7 Å². The first-order valence-corrected chi connectivity index (χ1v) is 12.2. The zero-order valence-electron chi connectivity index (χ0n) is 15.6. The number of cyclic esters (lactones) is 1. The predicted octanol–water partition coefficient (Wildman–Crippen LogP) is 3.51. The smallest absolute Gasteiger partial charge is 0.312 e. The van der Waals surface area contributed by atoms with E-state index >= 15 is 0 Å². The lowest BCUT2D eigenvalue weighted by Crippen LogP contribution is -2.58. The molecule has 0 amide bonds. The van der Waals surface area contributed by atoms with Gasteiger partial charge in [0.1, 0.15) is 0 Å². The highest BCUT2D eigenvalue weighted by Crippen LogP contribution is 2.53. The third-order valence-electron chi connectivity index (χ3n) is 6.07. The first kappa shape index (κ1) is 19.9. The van der Waals surface area contributed by atoms with E-state index in [-0.39, 0.29) is 33.8 Å². The zero-order valence-corrected chi connectivity index (χ0v) is 18.2. The number of carbonyl (C=O) groups is 2. The fraction of sp³-hybridized carbons (Fsp3) is 0.882. The Morgan fingerprint density at radius 3 is 2.46 bits per heavy atom. The summed E-state index contributed by atoms with van der Waals surface area (Å²) < 4.78 is 17.0. The highest BCUT2D eigenvalue weighted by atomic mass is 79.9. The molecule has 0 bridgehead atoms. The number of hydrogen-bond donors (Lipinski definition) is 0. The van der Waals surface area contributed by atoms with Gasteiger partial charge in [-0.1, -0.05) is 36.7 Å². The molecule has 1 saturated heterocycles. The number of fused-ring (bicyclic) bond motifs is 1. The van der Waals surface area contributed by atoms with Crippen LogP contribution in [0.3, 0.4) is 0 Å². The Morgan fingerprint density at radius 1 is 1.38 bits per heavy atom. The van der Waals surface area contributed by atoms with Gasteiger partial charge < -0.3 is 13.9 Å². The van der Waals surface area contributed by atoms with Gasteiger partial charge in [0.2, 0.25) is 0 Å². The number of carbonyl (C=O) groups excluding carboxylic acids is 2. The Morgan fingerprint density at radius 2 is 1.96 bits per heavy atom. The number of ether oxygens (including phenoxy) is 2. The minimum Gasteiger partial charge on any atom is -0.469 e. The maximum Gasteiger partial charge on any atom is 0.312 e. The Labute approximate surface area is 154 Å². The molecule has 0 aromatic rings. The molecule has 1 heterocycles. The third-order valence-corrected chi connectivity index (χ3v) is 11.4. The van der Waals surface area contributed by atoms with E-state index in [1.807, 2.05) is 0 Å². The van der Waals surface area contributed by atoms with Gasteiger partial charge >= 0.3 is 11.9 Å². The molecule has 0 unspecified atom stereocenters. The summed E-state index contributed by atoms with van der Waals surface area (Å²) in [5.41, 5.74) is -0.880. The van der Waals surface area contributed by atoms with Crippen molar-refractivity contribution in [1.82, 2.24) is 0 Å². The molecule has 1 aliphatic heterocycles. The fourth-order valence-electron chi connectivity index (χ4n) is 3.59. The van der Waals surface area contributed by atoms with Crippen molar-refractivity contribution in [2.45, 2.75) is 63.2 Å². The van der Waals surface area contributed by atoms with Crippen molar-refractivity contribution in [3.63, 3.8) is 0 Å². The van der Waals surface area contributed by atoms with E-state index in [4.69, 9.17) is 13.9 Å². The second-order valence-electron chi connectivity index (χ2n) is 8.74. The fourth-order valence-corrected chi connectivity index (χ4v) is 6.34. The molecular weight excluding hydrogens is 392 g/mol. The minimum absolute atomic E-state index is 0.0218. The molecule has 5 nitrogen and oxygen atoms in total. The quantitative estimate of drug-likeness (QED) is 0.397. The number of methoxy groups -OCH3 is 1. The van der Waals surface area contributed by atoms with Crippen molar-refractivity contribution in [1.29, 1.82) is 0 Å². The largest absolute Gasteiger partial charge is 0.469 e. The first-order valence-electron chi connectivity index (χ1n) is 8.42. The maximum atomic E-state index is 12.4. The Bertz CT molecular complexity index is 530. The first-order chi connectivity index (χ1) is 10.8. The average molecular weight is 421 g/mol. The molecule has 1 aliphatic carbocycles. The van der Waals surface area contributed by atoms with Crippen molar-refractivity contribution >= 4 is 36.2 Å². The summed E-state index contributed by atoms with van der Waals surface area (Å²) in [6, 6.07) is 0. The van der Waals surface area contributed by atoms with E-state index in [9.17, 15) is 9.59 Å². The summed E-state index contributed by atoms with van der Waals surface area (Å²) in [6.45, 7) is 13.1. The van der Waals surface area contributed by atoms with Gasteiger partial charge in [-0.25, -0.2) is 0 Å². The molecule has 2 rings (SSSR count). The van der Waals surface area contributed by atoms with Gasteiger partial charge in [0.15, 0.2) is 8.32 Å². The van der Waals surface area contributed by atoms with Crippen LogP contribution in [0.4, 0.5) is 0 Å². The van der Waals surface area contributed by atoms with Gasteiger partial charge in [0.05, 0.1) is 31.2 Å². The lowest BCUT2D eigenvalue weighted by atomic mass is 9.62. The molecule has 0 spiro atoms. The number of halogens is 1. The van der Waals surface area contributed by atoms with Crippen molar-refractivity contribution < 1.29 is 23.5 Å². The molecule has 0 N–H and O–H groups in total. The van der Waals surface area contributed by atoms with Crippen LogP contribution in [0, 0.1) is 17.3 Å². The van der Waals surface area contributed by atoms with Gasteiger partial charge in [-0.15, -0.1) is 0 Å². The van der Waals surface area contributed by atoms with Gasteiger partial charge in [0, 0.05) is 10.7 Å². The van der Waals surface area contributed by atoms with Crippen molar-refractivity contribution in [2.24, 2.45) is 17.3 Å². The summed E-state index contributed by atoms with van der Waals surface area (Å²) in [5, 5.41) is 0.0712. The summed E-state index contributed by atoms with van der Waals surface area (Å²) in [5.74, 6) is -1.30. The molecule has 5 atom stereocenters.